The van der Waals surface area contributed by atoms with Gasteiger partial charge in [0.15, 0.2) is 0 Å². The van der Waals surface area contributed by atoms with E-state index in [4.69, 9.17) is 0 Å². The van der Waals surface area contributed by atoms with E-state index in [1.165, 1.54) is 51.5 Å². The molecule has 1 atom stereocenters. The Labute approximate surface area is 82.3 Å². The van der Waals surface area contributed by atoms with Gasteiger partial charge in [0.25, 0.3) is 0 Å². The standard InChI is InChI=1S/C12H23N/c1-10(9-13-12-7-8-12)11-5-3-2-4-6-11/h10-13H,2-9H2,1H3. The van der Waals surface area contributed by atoms with Crippen molar-refractivity contribution in [3.05, 3.63) is 0 Å². The molecule has 2 saturated carbocycles. The van der Waals surface area contributed by atoms with E-state index in [0.717, 1.165) is 17.9 Å². The van der Waals surface area contributed by atoms with Crippen LogP contribution in [0.4, 0.5) is 0 Å². The number of hydrogen-bond donors (Lipinski definition) is 1. The van der Waals surface area contributed by atoms with Crippen molar-refractivity contribution in [3.63, 3.8) is 0 Å². The zero-order valence-corrected chi connectivity index (χ0v) is 8.89. The van der Waals surface area contributed by atoms with Crippen molar-refractivity contribution in [2.45, 2.75) is 57.9 Å². The lowest BCUT2D eigenvalue weighted by Crippen LogP contribution is -2.28. The molecular weight excluding hydrogens is 158 g/mol. The van der Waals surface area contributed by atoms with Crippen LogP contribution in [-0.2, 0) is 0 Å². The smallest absolute Gasteiger partial charge is 0.00683 e. The first kappa shape index (κ1) is 9.51. The van der Waals surface area contributed by atoms with Crippen LogP contribution in [0.25, 0.3) is 0 Å². The predicted molar refractivity (Wildman–Crippen MR) is 56.8 cm³/mol. The molecule has 0 aromatic rings. The minimum atomic E-state index is 0.894. The maximum Gasteiger partial charge on any atom is 0.00683 e. The quantitative estimate of drug-likeness (QED) is 0.703. The van der Waals surface area contributed by atoms with E-state index in [-0.39, 0.29) is 0 Å². The van der Waals surface area contributed by atoms with Crippen LogP contribution in [-0.4, -0.2) is 12.6 Å². The molecule has 0 heterocycles. The lowest BCUT2D eigenvalue weighted by molar-refractivity contribution is 0.256. The molecule has 0 amide bonds. The monoisotopic (exact) mass is 181 g/mol. The van der Waals surface area contributed by atoms with Crippen LogP contribution in [0.5, 0.6) is 0 Å². The van der Waals surface area contributed by atoms with Crippen LogP contribution in [0, 0.1) is 11.8 Å². The fourth-order valence-corrected chi connectivity index (χ4v) is 2.51. The van der Waals surface area contributed by atoms with E-state index in [0.29, 0.717) is 0 Å². The Morgan fingerprint density at radius 2 is 1.77 bits per heavy atom. The van der Waals surface area contributed by atoms with Gasteiger partial charge in [-0.05, 0) is 31.2 Å². The summed E-state index contributed by atoms with van der Waals surface area (Å²) in [6.07, 6.45) is 10.3. The van der Waals surface area contributed by atoms with Crippen molar-refractivity contribution in [1.29, 1.82) is 0 Å². The van der Waals surface area contributed by atoms with Crippen molar-refractivity contribution in [2.75, 3.05) is 6.54 Å². The Hall–Kier alpha value is -0.0400. The minimum Gasteiger partial charge on any atom is -0.314 e. The largest absolute Gasteiger partial charge is 0.314 e. The van der Waals surface area contributed by atoms with E-state index >= 15 is 0 Å². The molecule has 1 nitrogen and oxygen atoms in total. The molecule has 2 aliphatic carbocycles. The average Bonchev–Trinajstić information content (AvgIpc) is 2.99. The SMILES string of the molecule is CC(CNC1CC1)C1CCCCC1. The average molecular weight is 181 g/mol. The van der Waals surface area contributed by atoms with E-state index < -0.39 is 0 Å². The second-order valence-corrected chi connectivity index (χ2v) is 5.06. The Kier molecular flexibility index (Phi) is 3.26. The van der Waals surface area contributed by atoms with Gasteiger partial charge in [-0.3, -0.25) is 0 Å². The van der Waals surface area contributed by atoms with Gasteiger partial charge in [0.2, 0.25) is 0 Å². The first-order chi connectivity index (χ1) is 6.36. The van der Waals surface area contributed by atoms with Crippen LogP contribution >= 0.6 is 0 Å². The molecule has 0 bridgehead atoms. The van der Waals surface area contributed by atoms with Crippen molar-refractivity contribution < 1.29 is 0 Å². The van der Waals surface area contributed by atoms with Crippen LogP contribution in [0.2, 0.25) is 0 Å². The Morgan fingerprint density at radius 3 is 2.38 bits per heavy atom. The summed E-state index contributed by atoms with van der Waals surface area (Å²) in [6, 6.07) is 0.894. The molecule has 0 saturated heterocycles. The predicted octanol–water partition coefficient (Wildman–Crippen LogP) is 2.95. The summed E-state index contributed by atoms with van der Waals surface area (Å²) < 4.78 is 0. The molecule has 1 unspecified atom stereocenters. The molecule has 0 radical (unpaired) electrons. The summed E-state index contributed by atoms with van der Waals surface area (Å²) in [4.78, 5) is 0. The molecule has 2 aliphatic rings. The molecule has 1 N–H and O–H groups in total. The molecule has 13 heavy (non-hydrogen) atoms. The summed E-state index contributed by atoms with van der Waals surface area (Å²) >= 11 is 0. The van der Waals surface area contributed by atoms with Gasteiger partial charge in [-0.15, -0.1) is 0 Å². The molecule has 1 heteroatoms. The first-order valence-electron chi connectivity index (χ1n) is 6.09. The highest BCUT2D eigenvalue weighted by atomic mass is 14.9. The van der Waals surface area contributed by atoms with Gasteiger partial charge in [0.1, 0.15) is 0 Å². The van der Waals surface area contributed by atoms with E-state index in [9.17, 15) is 0 Å². The van der Waals surface area contributed by atoms with Gasteiger partial charge in [0, 0.05) is 6.04 Å². The van der Waals surface area contributed by atoms with E-state index in [1.54, 1.807) is 0 Å². The second kappa shape index (κ2) is 4.45. The Morgan fingerprint density at radius 1 is 1.08 bits per heavy atom. The zero-order chi connectivity index (χ0) is 9.10. The van der Waals surface area contributed by atoms with Crippen molar-refractivity contribution in [3.8, 4) is 0 Å². The summed E-state index contributed by atoms with van der Waals surface area (Å²) in [7, 11) is 0. The fourth-order valence-electron chi connectivity index (χ4n) is 2.51. The van der Waals surface area contributed by atoms with Gasteiger partial charge >= 0.3 is 0 Å². The fraction of sp³-hybridized carbons (Fsp3) is 1.00. The van der Waals surface area contributed by atoms with E-state index in [2.05, 4.69) is 12.2 Å². The number of rotatable bonds is 4. The summed E-state index contributed by atoms with van der Waals surface area (Å²) in [5, 5.41) is 3.65. The lowest BCUT2D eigenvalue weighted by Gasteiger charge is -2.27. The Bertz CT molecular complexity index is 145. The lowest BCUT2D eigenvalue weighted by atomic mass is 9.81. The van der Waals surface area contributed by atoms with Gasteiger partial charge in [-0.1, -0.05) is 39.0 Å². The first-order valence-corrected chi connectivity index (χ1v) is 6.09. The summed E-state index contributed by atoms with van der Waals surface area (Å²) in [5.74, 6) is 1.95. The molecule has 0 aliphatic heterocycles. The third kappa shape index (κ3) is 2.98. The maximum atomic E-state index is 3.65. The van der Waals surface area contributed by atoms with Crippen molar-refractivity contribution in [1.82, 2.24) is 5.32 Å². The van der Waals surface area contributed by atoms with Crippen molar-refractivity contribution in [2.24, 2.45) is 11.8 Å². The molecule has 0 spiro atoms. The number of nitrogens with one attached hydrogen (secondary N) is 1. The van der Waals surface area contributed by atoms with Gasteiger partial charge in [-0.25, -0.2) is 0 Å². The molecular formula is C12H23N. The van der Waals surface area contributed by atoms with Gasteiger partial charge < -0.3 is 5.32 Å². The second-order valence-electron chi connectivity index (χ2n) is 5.06. The zero-order valence-electron chi connectivity index (χ0n) is 8.89. The summed E-state index contributed by atoms with van der Waals surface area (Å²) in [6.45, 7) is 3.71. The normalized spacial score (nSPS) is 27.5. The van der Waals surface area contributed by atoms with Crippen LogP contribution < -0.4 is 5.32 Å². The highest BCUT2D eigenvalue weighted by Gasteiger charge is 2.24. The maximum absolute atomic E-state index is 3.65. The summed E-state index contributed by atoms with van der Waals surface area (Å²) in [5.41, 5.74) is 0. The van der Waals surface area contributed by atoms with Gasteiger partial charge in [-0.2, -0.15) is 0 Å². The highest BCUT2D eigenvalue weighted by molar-refractivity contribution is 4.82. The van der Waals surface area contributed by atoms with Crippen LogP contribution in [0.3, 0.4) is 0 Å². The molecule has 2 fully saturated rings. The third-order valence-corrected chi connectivity index (χ3v) is 3.76. The van der Waals surface area contributed by atoms with Crippen molar-refractivity contribution >= 4 is 0 Å². The molecule has 0 aromatic heterocycles. The van der Waals surface area contributed by atoms with Crippen LogP contribution in [0.15, 0.2) is 0 Å². The molecule has 0 aromatic carbocycles. The van der Waals surface area contributed by atoms with Gasteiger partial charge in [0.05, 0.1) is 0 Å². The van der Waals surface area contributed by atoms with Crippen LogP contribution in [0.1, 0.15) is 51.9 Å². The highest BCUT2D eigenvalue weighted by Crippen LogP contribution is 2.30. The topological polar surface area (TPSA) is 12.0 Å². The minimum absolute atomic E-state index is 0.894. The number of hydrogen-bond acceptors (Lipinski definition) is 1. The molecule has 76 valence electrons. The Balaban J connectivity index is 1.64. The molecule has 2 rings (SSSR count). The third-order valence-electron chi connectivity index (χ3n) is 3.76. The van der Waals surface area contributed by atoms with E-state index in [1.807, 2.05) is 0 Å².